The molecule has 0 saturated carbocycles. The molecule has 16 heavy (non-hydrogen) atoms. The lowest BCUT2D eigenvalue weighted by molar-refractivity contribution is -0.135. The van der Waals surface area contributed by atoms with Gasteiger partial charge in [0.25, 0.3) is 0 Å². The van der Waals surface area contributed by atoms with Crippen LogP contribution in [0, 0.1) is 5.92 Å². The summed E-state index contributed by atoms with van der Waals surface area (Å²) in [7, 11) is 0. The second kappa shape index (κ2) is 6.86. The van der Waals surface area contributed by atoms with Crippen molar-refractivity contribution in [3.8, 4) is 0 Å². The Labute approximate surface area is 98.3 Å². The first-order valence-corrected chi connectivity index (χ1v) is 6.26. The van der Waals surface area contributed by atoms with E-state index in [0.717, 1.165) is 39.2 Å². The molecule has 4 nitrogen and oxygen atoms in total. The van der Waals surface area contributed by atoms with Gasteiger partial charge in [-0.3, -0.25) is 4.79 Å². The number of hydrogen-bond donors (Lipinski definition) is 1. The molecule has 94 valence electrons. The molecule has 0 radical (unpaired) electrons. The fraction of sp³-hybridized carbons (Fsp3) is 0.917. The summed E-state index contributed by atoms with van der Waals surface area (Å²) in [4.78, 5) is 14.1. The van der Waals surface area contributed by atoms with Crippen molar-refractivity contribution in [3.63, 3.8) is 0 Å². The smallest absolute Gasteiger partial charge is 0.226 e. The summed E-state index contributed by atoms with van der Waals surface area (Å²) in [5.74, 6) is 0.309. The Balaban J connectivity index is 2.44. The highest BCUT2D eigenvalue weighted by molar-refractivity contribution is 5.78. The maximum atomic E-state index is 12.1. The standard InChI is InChI=1S/C12H24N2O2/c1-4-13-8-10(2)12(15)14-6-5-7-16-11(3)9-14/h10-11,13H,4-9H2,1-3H3. The summed E-state index contributed by atoms with van der Waals surface area (Å²) >= 11 is 0. The minimum atomic E-state index is 0.0604. The summed E-state index contributed by atoms with van der Waals surface area (Å²) in [6, 6.07) is 0. The monoisotopic (exact) mass is 228 g/mol. The molecule has 0 bridgehead atoms. The highest BCUT2D eigenvalue weighted by atomic mass is 16.5. The third kappa shape index (κ3) is 4.10. The molecule has 0 aromatic heterocycles. The predicted octanol–water partition coefficient (Wildman–Crippen LogP) is 0.869. The first-order chi connectivity index (χ1) is 7.65. The van der Waals surface area contributed by atoms with Gasteiger partial charge in [-0.1, -0.05) is 13.8 Å². The molecule has 0 aliphatic carbocycles. The average molecular weight is 228 g/mol. The topological polar surface area (TPSA) is 41.6 Å². The predicted molar refractivity (Wildman–Crippen MR) is 64.3 cm³/mol. The Morgan fingerprint density at radius 3 is 3.06 bits per heavy atom. The molecule has 2 unspecified atom stereocenters. The van der Waals surface area contributed by atoms with E-state index >= 15 is 0 Å². The molecule has 0 aromatic carbocycles. The second-order valence-corrected chi connectivity index (χ2v) is 4.53. The van der Waals surface area contributed by atoms with Crippen LogP contribution < -0.4 is 5.32 Å². The number of carbonyl (C=O) groups is 1. The van der Waals surface area contributed by atoms with Crippen molar-refractivity contribution in [1.29, 1.82) is 0 Å². The van der Waals surface area contributed by atoms with Gasteiger partial charge in [-0.05, 0) is 19.9 Å². The van der Waals surface area contributed by atoms with Crippen molar-refractivity contribution in [3.05, 3.63) is 0 Å². The van der Waals surface area contributed by atoms with Gasteiger partial charge in [0.2, 0.25) is 5.91 Å². The Morgan fingerprint density at radius 1 is 1.62 bits per heavy atom. The minimum Gasteiger partial charge on any atom is -0.377 e. The van der Waals surface area contributed by atoms with Crippen LogP contribution in [-0.4, -0.2) is 49.7 Å². The molecule has 1 heterocycles. The summed E-state index contributed by atoms with van der Waals surface area (Å²) < 4.78 is 5.53. The van der Waals surface area contributed by atoms with Gasteiger partial charge in [0.15, 0.2) is 0 Å². The number of ether oxygens (including phenoxy) is 1. The SMILES string of the molecule is CCNCC(C)C(=O)N1CCCOC(C)C1. The van der Waals surface area contributed by atoms with E-state index in [2.05, 4.69) is 12.2 Å². The maximum Gasteiger partial charge on any atom is 0.226 e. The lowest BCUT2D eigenvalue weighted by Gasteiger charge is -2.25. The Hall–Kier alpha value is -0.610. The molecule has 1 aliphatic heterocycles. The molecular weight excluding hydrogens is 204 g/mol. The van der Waals surface area contributed by atoms with E-state index in [1.54, 1.807) is 0 Å². The quantitative estimate of drug-likeness (QED) is 0.776. The van der Waals surface area contributed by atoms with Crippen molar-refractivity contribution in [2.24, 2.45) is 5.92 Å². The summed E-state index contributed by atoms with van der Waals surface area (Å²) in [5, 5.41) is 3.22. The number of nitrogens with zero attached hydrogens (tertiary/aromatic N) is 1. The molecule has 2 atom stereocenters. The van der Waals surface area contributed by atoms with Gasteiger partial charge in [-0.15, -0.1) is 0 Å². The first-order valence-electron chi connectivity index (χ1n) is 6.26. The number of rotatable bonds is 4. The number of amides is 1. The summed E-state index contributed by atoms with van der Waals surface area (Å²) in [6.07, 6.45) is 1.11. The van der Waals surface area contributed by atoms with Gasteiger partial charge in [0, 0.05) is 32.2 Å². The van der Waals surface area contributed by atoms with Crippen molar-refractivity contribution in [2.75, 3.05) is 32.8 Å². The van der Waals surface area contributed by atoms with Crippen molar-refractivity contribution in [1.82, 2.24) is 10.2 Å². The zero-order valence-corrected chi connectivity index (χ0v) is 10.7. The lowest BCUT2D eigenvalue weighted by Crippen LogP contribution is -2.41. The van der Waals surface area contributed by atoms with E-state index < -0.39 is 0 Å². The third-order valence-corrected chi connectivity index (χ3v) is 2.89. The summed E-state index contributed by atoms with van der Waals surface area (Å²) in [5.41, 5.74) is 0. The fourth-order valence-corrected chi connectivity index (χ4v) is 1.95. The van der Waals surface area contributed by atoms with Crippen LogP contribution in [0.2, 0.25) is 0 Å². The molecule has 4 heteroatoms. The van der Waals surface area contributed by atoms with Crippen molar-refractivity contribution in [2.45, 2.75) is 33.3 Å². The molecule has 1 aliphatic rings. The first kappa shape index (κ1) is 13.5. The normalized spacial score (nSPS) is 23.9. The maximum absolute atomic E-state index is 12.1. The molecule has 1 saturated heterocycles. The number of nitrogens with one attached hydrogen (secondary N) is 1. The lowest BCUT2D eigenvalue weighted by atomic mass is 10.1. The van der Waals surface area contributed by atoms with Crippen LogP contribution in [0.15, 0.2) is 0 Å². The Kier molecular flexibility index (Phi) is 5.77. The highest BCUT2D eigenvalue weighted by Gasteiger charge is 2.23. The third-order valence-electron chi connectivity index (χ3n) is 2.89. The van der Waals surface area contributed by atoms with Gasteiger partial charge in [-0.2, -0.15) is 0 Å². The van der Waals surface area contributed by atoms with Gasteiger partial charge in [0.1, 0.15) is 0 Å². The highest BCUT2D eigenvalue weighted by Crippen LogP contribution is 2.09. The zero-order chi connectivity index (χ0) is 12.0. The molecule has 1 amide bonds. The number of carbonyl (C=O) groups excluding carboxylic acids is 1. The van der Waals surface area contributed by atoms with E-state index in [1.165, 1.54) is 0 Å². The second-order valence-electron chi connectivity index (χ2n) is 4.53. The molecule has 1 N–H and O–H groups in total. The molecular formula is C12H24N2O2. The van der Waals surface area contributed by atoms with E-state index in [0.29, 0.717) is 0 Å². The van der Waals surface area contributed by atoms with E-state index in [1.807, 2.05) is 18.7 Å². The van der Waals surface area contributed by atoms with Crippen molar-refractivity contribution < 1.29 is 9.53 Å². The van der Waals surface area contributed by atoms with Crippen LogP contribution in [0.3, 0.4) is 0 Å². The van der Waals surface area contributed by atoms with Crippen LogP contribution in [0.5, 0.6) is 0 Å². The summed E-state index contributed by atoms with van der Waals surface area (Å²) in [6.45, 7) is 10.1. The van der Waals surface area contributed by atoms with Gasteiger partial charge in [0.05, 0.1) is 6.10 Å². The van der Waals surface area contributed by atoms with Gasteiger partial charge < -0.3 is 15.0 Å². The van der Waals surface area contributed by atoms with E-state index in [4.69, 9.17) is 4.74 Å². The van der Waals surface area contributed by atoms with Crippen molar-refractivity contribution >= 4 is 5.91 Å². The molecule has 1 fully saturated rings. The fourth-order valence-electron chi connectivity index (χ4n) is 1.95. The van der Waals surface area contributed by atoms with E-state index in [9.17, 15) is 4.79 Å². The van der Waals surface area contributed by atoms with Crippen LogP contribution >= 0.6 is 0 Å². The molecule has 1 rings (SSSR count). The van der Waals surface area contributed by atoms with Crippen LogP contribution in [0.1, 0.15) is 27.2 Å². The van der Waals surface area contributed by atoms with Crippen LogP contribution in [0.4, 0.5) is 0 Å². The largest absolute Gasteiger partial charge is 0.377 e. The molecule has 0 spiro atoms. The zero-order valence-electron chi connectivity index (χ0n) is 10.7. The Morgan fingerprint density at radius 2 is 2.38 bits per heavy atom. The molecule has 0 aromatic rings. The van der Waals surface area contributed by atoms with Gasteiger partial charge >= 0.3 is 0 Å². The van der Waals surface area contributed by atoms with E-state index in [-0.39, 0.29) is 17.9 Å². The Bertz CT molecular complexity index is 221. The average Bonchev–Trinajstić information content (AvgIpc) is 2.49. The van der Waals surface area contributed by atoms with Gasteiger partial charge in [-0.25, -0.2) is 0 Å². The minimum absolute atomic E-state index is 0.0604. The number of hydrogen-bond acceptors (Lipinski definition) is 3. The van der Waals surface area contributed by atoms with Crippen LogP contribution in [0.25, 0.3) is 0 Å². The van der Waals surface area contributed by atoms with Crippen LogP contribution in [-0.2, 0) is 9.53 Å².